The van der Waals surface area contributed by atoms with Gasteiger partial charge >= 0.3 is 0 Å². The van der Waals surface area contributed by atoms with Crippen molar-refractivity contribution in [2.75, 3.05) is 19.6 Å². The number of aliphatic imine (C=N–C) groups is 1. The van der Waals surface area contributed by atoms with E-state index in [1.54, 1.807) is 0 Å². The molecule has 0 amide bonds. The lowest BCUT2D eigenvalue weighted by Crippen LogP contribution is -2.43. The first-order valence-electron chi connectivity index (χ1n) is 6.98. The molecular weight excluding hydrogens is 210 g/mol. The fraction of sp³-hybridized carbons (Fsp3) is 0.786. The van der Waals surface area contributed by atoms with Gasteiger partial charge in [0.15, 0.2) is 5.96 Å². The van der Waals surface area contributed by atoms with Gasteiger partial charge in [-0.3, -0.25) is 0 Å². The van der Waals surface area contributed by atoms with Crippen LogP contribution in [0.15, 0.2) is 16.6 Å². The number of piperidine rings is 1. The first-order chi connectivity index (χ1) is 8.25. The molecular formula is C14H25N3. The van der Waals surface area contributed by atoms with Gasteiger partial charge in [0.05, 0.1) is 6.54 Å². The van der Waals surface area contributed by atoms with E-state index in [1.165, 1.54) is 44.1 Å². The summed E-state index contributed by atoms with van der Waals surface area (Å²) < 4.78 is 0. The molecule has 3 heteroatoms. The fourth-order valence-electron chi connectivity index (χ4n) is 2.73. The minimum Gasteiger partial charge on any atom is -0.370 e. The minimum absolute atomic E-state index is 0.753. The van der Waals surface area contributed by atoms with Crippen molar-refractivity contribution in [2.24, 2.45) is 16.6 Å². The number of nitrogens with zero attached hydrogens (tertiary/aromatic N) is 2. The summed E-state index contributed by atoms with van der Waals surface area (Å²) in [7, 11) is 0. The second-order valence-corrected chi connectivity index (χ2v) is 5.48. The molecule has 2 N–H and O–H groups in total. The summed E-state index contributed by atoms with van der Waals surface area (Å²) in [6.07, 6.45) is 10.0. The van der Waals surface area contributed by atoms with Crippen molar-refractivity contribution in [3.63, 3.8) is 0 Å². The number of guanidine groups is 1. The molecule has 1 heterocycles. The zero-order valence-electron chi connectivity index (χ0n) is 11.0. The predicted octanol–water partition coefficient (Wildman–Crippen LogP) is 2.53. The third-order valence-electron chi connectivity index (χ3n) is 3.81. The van der Waals surface area contributed by atoms with Gasteiger partial charge in [-0.25, -0.2) is 4.99 Å². The zero-order chi connectivity index (χ0) is 12.1. The molecule has 1 aliphatic heterocycles. The van der Waals surface area contributed by atoms with Crippen molar-refractivity contribution in [3.05, 3.63) is 11.6 Å². The summed E-state index contributed by atoms with van der Waals surface area (Å²) in [5, 5.41) is 0. The topological polar surface area (TPSA) is 41.6 Å². The predicted molar refractivity (Wildman–Crippen MR) is 73.0 cm³/mol. The van der Waals surface area contributed by atoms with E-state index in [9.17, 15) is 0 Å². The monoisotopic (exact) mass is 235 g/mol. The van der Waals surface area contributed by atoms with E-state index in [4.69, 9.17) is 5.73 Å². The highest BCUT2D eigenvalue weighted by Gasteiger charge is 2.17. The number of rotatable bonds is 2. The lowest BCUT2D eigenvalue weighted by Gasteiger charge is -2.31. The molecule has 17 heavy (non-hydrogen) atoms. The van der Waals surface area contributed by atoms with Crippen LogP contribution in [0, 0.1) is 5.92 Å². The van der Waals surface area contributed by atoms with Crippen LogP contribution in [0.1, 0.15) is 45.4 Å². The van der Waals surface area contributed by atoms with Crippen molar-refractivity contribution in [1.29, 1.82) is 0 Å². The van der Waals surface area contributed by atoms with E-state index >= 15 is 0 Å². The Morgan fingerprint density at radius 3 is 3.06 bits per heavy atom. The Labute approximate surface area is 105 Å². The van der Waals surface area contributed by atoms with E-state index in [-0.39, 0.29) is 0 Å². The number of likely N-dealkylation sites (tertiary alicyclic amines) is 1. The first kappa shape index (κ1) is 12.5. The van der Waals surface area contributed by atoms with Crippen LogP contribution >= 0.6 is 0 Å². The van der Waals surface area contributed by atoms with Gasteiger partial charge in [-0.2, -0.15) is 0 Å². The van der Waals surface area contributed by atoms with E-state index in [1.807, 2.05) is 0 Å². The molecule has 0 saturated carbocycles. The Kier molecular flexibility index (Phi) is 4.46. The Morgan fingerprint density at radius 1 is 1.47 bits per heavy atom. The van der Waals surface area contributed by atoms with Crippen LogP contribution in [0.5, 0.6) is 0 Å². The van der Waals surface area contributed by atoms with E-state index in [0.29, 0.717) is 0 Å². The average Bonchev–Trinajstić information content (AvgIpc) is 2.37. The standard InChI is InChI=1S/C14H25N3/c1-12-6-5-9-17(11-12)14(15)16-10-13-7-3-2-4-8-13/h7,12H,2-6,8-11H2,1H3,(H2,15,16). The van der Waals surface area contributed by atoms with E-state index in [2.05, 4.69) is 22.9 Å². The molecule has 1 atom stereocenters. The van der Waals surface area contributed by atoms with Gasteiger partial charge in [0.2, 0.25) is 0 Å². The molecule has 1 unspecified atom stereocenters. The van der Waals surface area contributed by atoms with Crippen LogP contribution in [0.25, 0.3) is 0 Å². The molecule has 3 nitrogen and oxygen atoms in total. The van der Waals surface area contributed by atoms with Crippen molar-refractivity contribution in [2.45, 2.75) is 45.4 Å². The third-order valence-corrected chi connectivity index (χ3v) is 3.81. The van der Waals surface area contributed by atoms with Gasteiger partial charge in [0, 0.05) is 13.1 Å². The number of hydrogen-bond acceptors (Lipinski definition) is 1. The Balaban J connectivity index is 1.85. The maximum atomic E-state index is 6.08. The van der Waals surface area contributed by atoms with Crippen LogP contribution < -0.4 is 5.73 Å². The van der Waals surface area contributed by atoms with Crippen molar-refractivity contribution < 1.29 is 0 Å². The number of nitrogens with two attached hydrogens (primary N) is 1. The van der Waals surface area contributed by atoms with Gasteiger partial charge < -0.3 is 10.6 Å². The van der Waals surface area contributed by atoms with Crippen LogP contribution in [0.4, 0.5) is 0 Å². The van der Waals surface area contributed by atoms with Crippen LogP contribution in [-0.2, 0) is 0 Å². The summed E-state index contributed by atoms with van der Waals surface area (Å²) in [5.74, 6) is 1.51. The Bertz CT molecular complexity index is 307. The van der Waals surface area contributed by atoms with Crippen LogP contribution in [0.2, 0.25) is 0 Å². The summed E-state index contributed by atoms with van der Waals surface area (Å²) in [5.41, 5.74) is 7.55. The van der Waals surface area contributed by atoms with Gasteiger partial charge in [0.1, 0.15) is 0 Å². The normalized spacial score (nSPS) is 26.9. The molecule has 0 bridgehead atoms. The third kappa shape index (κ3) is 3.76. The van der Waals surface area contributed by atoms with Gasteiger partial charge in [-0.15, -0.1) is 0 Å². The molecule has 0 aromatic heterocycles. The maximum absolute atomic E-state index is 6.08. The minimum atomic E-state index is 0.753. The van der Waals surface area contributed by atoms with E-state index < -0.39 is 0 Å². The molecule has 0 aromatic carbocycles. The number of allylic oxidation sites excluding steroid dienone is 1. The van der Waals surface area contributed by atoms with Crippen molar-refractivity contribution in [3.8, 4) is 0 Å². The van der Waals surface area contributed by atoms with Crippen molar-refractivity contribution in [1.82, 2.24) is 4.90 Å². The van der Waals surface area contributed by atoms with E-state index in [0.717, 1.165) is 31.5 Å². The highest BCUT2D eigenvalue weighted by Crippen LogP contribution is 2.18. The zero-order valence-corrected chi connectivity index (χ0v) is 11.0. The molecule has 1 aliphatic carbocycles. The number of hydrogen-bond donors (Lipinski definition) is 1. The second-order valence-electron chi connectivity index (χ2n) is 5.48. The smallest absolute Gasteiger partial charge is 0.191 e. The summed E-state index contributed by atoms with van der Waals surface area (Å²) >= 11 is 0. The average molecular weight is 235 g/mol. The lowest BCUT2D eigenvalue weighted by molar-refractivity contribution is 0.270. The van der Waals surface area contributed by atoms with Gasteiger partial charge in [-0.1, -0.05) is 18.6 Å². The van der Waals surface area contributed by atoms with Crippen molar-refractivity contribution >= 4 is 5.96 Å². The SMILES string of the molecule is CC1CCCN(C(N)=NCC2=CCCCC2)C1. The molecule has 2 aliphatic rings. The fourth-order valence-corrected chi connectivity index (χ4v) is 2.73. The highest BCUT2D eigenvalue weighted by molar-refractivity contribution is 5.78. The first-order valence-corrected chi connectivity index (χ1v) is 6.98. The molecule has 1 saturated heterocycles. The van der Waals surface area contributed by atoms with Crippen LogP contribution in [-0.4, -0.2) is 30.5 Å². The second kappa shape index (κ2) is 6.08. The molecule has 0 radical (unpaired) electrons. The van der Waals surface area contributed by atoms with Gasteiger partial charge in [0.25, 0.3) is 0 Å². The maximum Gasteiger partial charge on any atom is 0.191 e. The summed E-state index contributed by atoms with van der Waals surface area (Å²) in [6, 6.07) is 0. The Hall–Kier alpha value is -0.990. The molecule has 1 fully saturated rings. The Morgan fingerprint density at radius 2 is 2.35 bits per heavy atom. The molecule has 2 rings (SSSR count). The van der Waals surface area contributed by atoms with Gasteiger partial charge in [-0.05, 0) is 44.4 Å². The largest absolute Gasteiger partial charge is 0.370 e. The summed E-state index contributed by atoms with van der Waals surface area (Å²) in [6.45, 7) is 5.27. The summed E-state index contributed by atoms with van der Waals surface area (Å²) in [4.78, 5) is 6.81. The lowest BCUT2D eigenvalue weighted by atomic mass is 10.00. The molecule has 0 spiro atoms. The molecule has 0 aromatic rings. The highest BCUT2D eigenvalue weighted by atomic mass is 15.3. The van der Waals surface area contributed by atoms with Crippen LogP contribution in [0.3, 0.4) is 0 Å². The molecule has 96 valence electrons. The quantitative estimate of drug-likeness (QED) is 0.454.